The highest BCUT2D eigenvalue weighted by atomic mass is 16.8. The van der Waals surface area contributed by atoms with Crippen molar-refractivity contribution in [2.24, 2.45) is 0 Å². The first-order valence-corrected chi connectivity index (χ1v) is 7.26. The maximum absolute atomic E-state index is 12.3. The quantitative estimate of drug-likeness (QED) is 0.794. The van der Waals surface area contributed by atoms with Crippen molar-refractivity contribution in [3.8, 4) is 6.07 Å². The molecular weight excluding hydrogens is 298 g/mol. The van der Waals surface area contributed by atoms with Gasteiger partial charge in [0.15, 0.2) is 17.7 Å². The van der Waals surface area contributed by atoms with Crippen LogP contribution in [0.5, 0.6) is 0 Å². The molecule has 6 heteroatoms. The Labute approximate surface area is 134 Å². The van der Waals surface area contributed by atoms with Crippen LogP contribution < -0.4 is 0 Å². The molecule has 0 radical (unpaired) electrons. The van der Waals surface area contributed by atoms with E-state index in [9.17, 15) is 4.79 Å². The summed E-state index contributed by atoms with van der Waals surface area (Å²) < 4.78 is 22.2. The van der Waals surface area contributed by atoms with E-state index in [0.717, 1.165) is 0 Å². The van der Waals surface area contributed by atoms with Crippen LogP contribution >= 0.6 is 0 Å². The van der Waals surface area contributed by atoms with Gasteiger partial charge >= 0.3 is 5.97 Å². The number of benzene rings is 1. The van der Waals surface area contributed by atoms with Gasteiger partial charge in [-0.3, -0.25) is 0 Å². The van der Waals surface area contributed by atoms with Crippen LogP contribution in [0.4, 0.5) is 0 Å². The monoisotopic (exact) mass is 315 g/mol. The van der Waals surface area contributed by atoms with Crippen LogP contribution in [0.25, 0.3) is 5.57 Å². The zero-order valence-corrected chi connectivity index (χ0v) is 13.2. The highest BCUT2D eigenvalue weighted by Gasteiger charge is 2.47. The Hall–Kier alpha value is -2.36. The zero-order chi connectivity index (χ0) is 16.6. The molecule has 0 N–H and O–H groups in total. The Morgan fingerprint density at radius 2 is 2.17 bits per heavy atom. The Morgan fingerprint density at radius 1 is 1.39 bits per heavy atom. The normalized spacial score (nSPS) is 26.1. The second-order valence-electron chi connectivity index (χ2n) is 5.83. The number of ether oxygens (including phenoxy) is 4. The van der Waals surface area contributed by atoms with Crippen molar-refractivity contribution >= 4 is 11.5 Å². The van der Waals surface area contributed by atoms with E-state index in [2.05, 4.69) is 6.07 Å². The van der Waals surface area contributed by atoms with Crippen molar-refractivity contribution in [1.29, 1.82) is 5.26 Å². The van der Waals surface area contributed by atoms with Gasteiger partial charge in [-0.25, -0.2) is 4.79 Å². The van der Waals surface area contributed by atoms with E-state index in [4.69, 9.17) is 24.2 Å². The second kappa shape index (κ2) is 5.69. The summed E-state index contributed by atoms with van der Waals surface area (Å²) in [5.41, 5.74) is 1.37. The summed E-state index contributed by atoms with van der Waals surface area (Å²) in [6, 6.07) is 8.82. The van der Waals surface area contributed by atoms with Gasteiger partial charge in [-0.15, -0.1) is 0 Å². The molecular formula is C17H17NO5. The Kier molecular flexibility index (Phi) is 3.84. The lowest BCUT2D eigenvalue weighted by Crippen LogP contribution is -2.33. The van der Waals surface area contributed by atoms with Crippen LogP contribution in [0.3, 0.4) is 0 Å². The first-order chi connectivity index (χ1) is 10.9. The van der Waals surface area contributed by atoms with E-state index < -0.39 is 24.0 Å². The molecule has 0 aliphatic carbocycles. The van der Waals surface area contributed by atoms with Crippen LogP contribution in [0.1, 0.15) is 25.0 Å². The Morgan fingerprint density at radius 3 is 2.78 bits per heavy atom. The number of cyclic esters (lactones) is 1. The Bertz CT molecular complexity index is 716. The van der Waals surface area contributed by atoms with Crippen LogP contribution in [-0.2, 0) is 23.7 Å². The molecule has 1 fully saturated rings. The van der Waals surface area contributed by atoms with Crippen LogP contribution in [-0.4, -0.2) is 37.7 Å². The van der Waals surface area contributed by atoms with E-state index in [-0.39, 0.29) is 0 Å². The number of methoxy groups -OCH3 is 1. The van der Waals surface area contributed by atoms with Crippen molar-refractivity contribution in [2.75, 3.05) is 13.7 Å². The lowest BCUT2D eigenvalue weighted by Gasteiger charge is -2.21. The minimum atomic E-state index is -0.723. The van der Waals surface area contributed by atoms with Gasteiger partial charge in [0, 0.05) is 0 Å². The molecule has 0 saturated carbocycles. The number of hydrogen-bond donors (Lipinski definition) is 0. The predicted molar refractivity (Wildman–Crippen MR) is 79.9 cm³/mol. The Balaban J connectivity index is 1.98. The summed E-state index contributed by atoms with van der Waals surface area (Å²) in [7, 11) is 1.49. The molecule has 2 aliphatic heterocycles. The predicted octanol–water partition coefficient (Wildman–Crippen LogP) is 1.99. The third-order valence-corrected chi connectivity index (χ3v) is 3.81. The second-order valence-corrected chi connectivity index (χ2v) is 5.83. The van der Waals surface area contributed by atoms with Gasteiger partial charge in [0.05, 0.1) is 25.3 Å². The first-order valence-electron chi connectivity index (χ1n) is 7.26. The zero-order valence-electron chi connectivity index (χ0n) is 13.2. The largest absolute Gasteiger partial charge is 0.496 e. The fourth-order valence-electron chi connectivity index (χ4n) is 2.80. The molecule has 0 unspecified atom stereocenters. The molecule has 0 spiro atoms. The summed E-state index contributed by atoms with van der Waals surface area (Å²) >= 11 is 0. The molecule has 120 valence electrons. The van der Waals surface area contributed by atoms with Gasteiger partial charge in [-0.2, -0.15) is 5.26 Å². The molecule has 2 heterocycles. The molecule has 6 nitrogen and oxygen atoms in total. The van der Waals surface area contributed by atoms with E-state index >= 15 is 0 Å². The smallest absolute Gasteiger partial charge is 0.343 e. The van der Waals surface area contributed by atoms with Gasteiger partial charge in [0.25, 0.3) is 0 Å². The standard InChI is InChI=1S/C17H17NO5/c1-17(2)21-9-12(23-17)14-15(20-3)13(16(19)22-14)11-6-4-5-10(7-11)8-18/h4-7,12,14H,9H2,1-3H3/t12-,14+/m0/s1. The number of carbonyl (C=O) groups excluding carboxylic acids is 1. The summed E-state index contributed by atoms with van der Waals surface area (Å²) in [4.78, 5) is 12.3. The van der Waals surface area contributed by atoms with E-state index in [1.165, 1.54) is 7.11 Å². The summed E-state index contributed by atoms with van der Waals surface area (Å²) in [6.45, 7) is 3.91. The first kappa shape index (κ1) is 15.5. The molecule has 3 rings (SSSR count). The fraction of sp³-hybridized carbons (Fsp3) is 0.412. The molecule has 0 bridgehead atoms. The van der Waals surface area contributed by atoms with Crippen LogP contribution in [0, 0.1) is 11.3 Å². The minimum absolute atomic E-state index is 0.309. The van der Waals surface area contributed by atoms with Crippen molar-refractivity contribution < 1.29 is 23.7 Å². The molecule has 23 heavy (non-hydrogen) atoms. The van der Waals surface area contributed by atoms with Gasteiger partial charge in [-0.1, -0.05) is 12.1 Å². The van der Waals surface area contributed by atoms with Crippen molar-refractivity contribution in [3.63, 3.8) is 0 Å². The lowest BCUT2D eigenvalue weighted by molar-refractivity contribution is -0.162. The molecule has 2 aliphatic rings. The number of esters is 1. The summed E-state index contributed by atoms with van der Waals surface area (Å²) in [5, 5.41) is 9.03. The summed E-state index contributed by atoms with van der Waals surface area (Å²) in [5.74, 6) is -0.814. The molecule has 0 aromatic heterocycles. The third-order valence-electron chi connectivity index (χ3n) is 3.81. The number of rotatable bonds is 3. The average molecular weight is 315 g/mol. The maximum Gasteiger partial charge on any atom is 0.343 e. The maximum atomic E-state index is 12.3. The summed E-state index contributed by atoms with van der Waals surface area (Å²) in [6.07, 6.45) is -1.09. The van der Waals surface area contributed by atoms with E-state index in [0.29, 0.717) is 29.1 Å². The van der Waals surface area contributed by atoms with Gasteiger partial charge in [0.2, 0.25) is 0 Å². The lowest BCUT2D eigenvalue weighted by atomic mass is 10.0. The van der Waals surface area contributed by atoms with Gasteiger partial charge in [-0.05, 0) is 31.5 Å². The SMILES string of the molecule is COC1=C(c2cccc(C#N)c2)C(=O)O[C@@H]1[C@@H]1COC(C)(C)O1. The average Bonchev–Trinajstić information content (AvgIpc) is 3.06. The molecule has 1 aromatic rings. The van der Waals surface area contributed by atoms with Crippen LogP contribution in [0.15, 0.2) is 30.0 Å². The highest BCUT2D eigenvalue weighted by Crippen LogP contribution is 2.37. The van der Waals surface area contributed by atoms with Crippen molar-refractivity contribution in [1.82, 2.24) is 0 Å². The number of carbonyl (C=O) groups is 1. The van der Waals surface area contributed by atoms with Crippen molar-refractivity contribution in [3.05, 3.63) is 41.2 Å². The number of hydrogen-bond acceptors (Lipinski definition) is 6. The van der Waals surface area contributed by atoms with E-state index in [1.54, 1.807) is 38.1 Å². The third kappa shape index (κ3) is 2.81. The molecule has 1 aromatic carbocycles. The fourth-order valence-corrected chi connectivity index (χ4v) is 2.80. The highest BCUT2D eigenvalue weighted by molar-refractivity contribution is 6.19. The molecule has 2 atom stereocenters. The number of nitrogens with zero attached hydrogens (tertiary/aromatic N) is 1. The molecule has 1 saturated heterocycles. The van der Waals surface area contributed by atoms with Crippen molar-refractivity contribution in [2.45, 2.75) is 31.8 Å². The van der Waals surface area contributed by atoms with Crippen LogP contribution in [0.2, 0.25) is 0 Å². The molecule has 0 amide bonds. The number of nitriles is 1. The minimum Gasteiger partial charge on any atom is -0.496 e. The van der Waals surface area contributed by atoms with Gasteiger partial charge in [0.1, 0.15) is 11.7 Å². The van der Waals surface area contributed by atoms with E-state index in [1.807, 2.05) is 0 Å². The topological polar surface area (TPSA) is 77.8 Å². The van der Waals surface area contributed by atoms with Gasteiger partial charge < -0.3 is 18.9 Å².